The summed E-state index contributed by atoms with van der Waals surface area (Å²) in [5.41, 5.74) is 1.12. The van der Waals surface area contributed by atoms with Crippen molar-refractivity contribution in [3.8, 4) is 0 Å². The molecule has 0 N–H and O–H groups in total. The van der Waals surface area contributed by atoms with Gasteiger partial charge in [0.1, 0.15) is 22.8 Å². The Morgan fingerprint density at radius 3 is 2.53 bits per heavy atom. The number of carbonyl (C=O) groups is 1. The van der Waals surface area contributed by atoms with E-state index in [-0.39, 0.29) is 17.6 Å². The minimum absolute atomic E-state index is 0.0159. The van der Waals surface area contributed by atoms with Crippen LogP contribution in [-0.2, 0) is 28.9 Å². The molecule has 1 saturated carbocycles. The van der Waals surface area contributed by atoms with Crippen LogP contribution in [0.15, 0.2) is 4.79 Å². The molecule has 0 aromatic carbocycles. The van der Waals surface area contributed by atoms with Crippen molar-refractivity contribution in [2.45, 2.75) is 104 Å². The summed E-state index contributed by atoms with van der Waals surface area (Å²) < 4.78 is 7.62. The van der Waals surface area contributed by atoms with Crippen molar-refractivity contribution in [3.05, 3.63) is 26.6 Å². The number of hydrogen-bond donors (Lipinski definition) is 0. The van der Waals surface area contributed by atoms with Crippen LogP contribution in [0.5, 0.6) is 0 Å². The fourth-order valence-electron chi connectivity index (χ4n) is 5.22. The van der Waals surface area contributed by atoms with Crippen molar-refractivity contribution in [2.24, 2.45) is 0 Å². The summed E-state index contributed by atoms with van der Waals surface area (Å²) in [6, 6.07) is -0.619. The van der Waals surface area contributed by atoms with Crippen LogP contribution in [0.1, 0.15) is 94.4 Å². The Kier molecular flexibility index (Phi) is 7.66. The van der Waals surface area contributed by atoms with Crippen LogP contribution >= 0.6 is 11.3 Å². The summed E-state index contributed by atoms with van der Waals surface area (Å²) in [5.74, 6) is 0.421. The monoisotopic (exact) mass is 459 g/mol. The first-order valence-electron chi connectivity index (χ1n) is 12.6. The first-order chi connectivity index (χ1) is 15.6. The number of thiophene rings is 1. The van der Waals surface area contributed by atoms with Crippen molar-refractivity contribution in [1.82, 2.24) is 14.5 Å². The normalized spacial score (nSPS) is 18.1. The van der Waals surface area contributed by atoms with Gasteiger partial charge in [0.2, 0.25) is 0 Å². The van der Waals surface area contributed by atoms with Crippen LogP contribution in [0.3, 0.4) is 0 Å². The lowest BCUT2D eigenvalue weighted by Crippen LogP contribution is -2.38. The zero-order valence-electron chi connectivity index (χ0n) is 19.8. The third-order valence-electron chi connectivity index (χ3n) is 7.16. The number of aromatic nitrogens is 2. The highest BCUT2D eigenvalue weighted by molar-refractivity contribution is 7.18. The number of rotatable bonds is 8. The van der Waals surface area contributed by atoms with Crippen molar-refractivity contribution in [2.75, 3.05) is 13.1 Å². The number of ether oxygens (including phenoxy) is 1. The topological polar surface area (TPSA) is 64.4 Å². The van der Waals surface area contributed by atoms with Crippen molar-refractivity contribution >= 4 is 27.5 Å². The van der Waals surface area contributed by atoms with E-state index in [1.165, 1.54) is 23.3 Å². The second-order valence-electron chi connectivity index (χ2n) is 9.18. The van der Waals surface area contributed by atoms with E-state index in [0.717, 1.165) is 68.3 Å². The Bertz CT molecular complexity index is 1000. The Hall–Kier alpha value is -1.73. The van der Waals surface area contributed by atoms with E-state index in [2.05, 4.69) is 18.7 Å². The summed E-state index contributed by atoms with van der Waals surface area (Å²) in [4.78, 5) is 36.7. The molecule has 32 heavy (non-hydrogen) atoms. The Morgan fingerprint density at radius 1 is 1.12 bits per heavy atom. The van der Waals surface area contributed by atoms with Gasteiger partial charge in [-0.25, -0.2) is 9.78 Å². The summed E-state index contributed by atoms with van der Waals surface area (Å²) in [7, 11) is 0. The van der Waals surface area contributed by atoms with E-state index in [0.29, 0.717) is 18.8 Å². The quantitative estimate of drug-likeness (QED) is 0.520. The molecule has 0 spiro atoms. The molecule has 2 aliphatic rings. The lowest BCUT2D eigenvalue weighted by atomic mass is 9.97. The van der Waals surface area contributed by atoms with Gasteiger partial charge in [0.15, 0.2) is 0 Å². The van der Waals surface area contributed by atoms with Gasteiger partial charge < -0.3 is 4.74 Å². The predicted octanol–water partition coefficient (Wildman–Crippen LogP) is 5.01. The first-order valence-corrected chi connectivity index (χ1v) is 13.4. The zero-order chi connectivity index (χ0) is 22.7. The number of carbonyl (C=O) groups excluding carboxylic acids is 1. The molecule has 2 aromatic heterocycles. The first kappa shape index (κ1) is 23.4. The second-order valence-corrected chi connectivity index (χ2v) is 10.3. The fourth-order valence-corrected chi connectivity index (χ4v) is 6.49. The molecule has 0 radical (unpaired) electrons. The third kappa shape index (κ3) is 4.65. The molecule has 176 valence electrons. The molecule has 4 rings (SSSR count). The third-order valence-corrected chi connectivity index (χ3v) is 8.34. The van der Waals surface area contributed by atoms with E-state index in [9.17, 15) is 9.59 Å². The molecular weight excluding hydrogens is 422 g/mol. The van der Waals surface area contributed by atoms with Crippen molar-refractivity contribution < 1.29 is 9.53 Å². The van der Waals surface area contributed by atoms with Crippen LogP contribution in [-0.4, -0.2) is 39.6 Å². The lowest BCUT2D eigenvalue weighted by molar-refractivity contribution is -0.155. The predicted molar refractivity (Wildman–Crippen MR) is 129 cm³/mol. The largest absolute Gasteiger partial charge is 0.461 e. The van der Waals surface area contributed by atoms with Crippen LogP contribution in [0.4, 0.5) is 0 Å². The second kappa shape index (κ2) is 10.5. The van der Waals surface area contributed by atoms with Gasteiger partial charge in [-0.05, 0) is 76.4 Å². The summed E-state index contributed by atoms with van der Waals surface area (Å²) in [6.07, 6.45) is 10.0. The van der Waals surface area contributed by atoms with Gasteiger partial charge in [-0.1, -0.05) is 27.2 Å². The van der Waals surface area contributed by atoms with E-state index >= 15 is 0 Å². The van der Waals surface area contributed by atoms with Gasteiger partial charge in [0, 0.05) is 4.88 Å². The highest BCUT2D eigenvalue weighted by Gasteiger charge is 2.30. The molecule has 1 fully saturated rings. The molecule has 6 nitrogen and oxygen atoms in total. The van der Waals surface area contributed by atoms with E-state index in [1.807, 2.05) is 6.92 Å². The molecule has 1 atom stereocenters. The van der Waals surface area contributed by atoms with Gasteiger partial charge in [0.05, 0.1) is 11.9 Å². The Morgan fingerprint density at radius 2 is 1.84 bits per heavy atom. The molecule has 2 aliphatic carbocycles. The number of esters is 1. The Labute approximate surface area is 195 Å². The zero-order valence-corrected chi connectivity index (χ0v) is 20.6. The molecule has 0 amide bonds. The smallest absolute Gasteiger partial charge is 0.329 e. The SMILES string of the molecule is CCC(C(=O)OC1CCCCC1)n1c(CN(CC)CC)nc2sc3c(c2c1=O)CCCC3. The molecule has 0 saturated heterocycles. The van der Waals surface area contributed by atoms with Crippen molar-refractivity contribution in [1.29, 1.82) is 0 Å². The van der Waals surface area contributed by atoms with Crippen molar-refractivity contribution in [3.63, 3.8) is 0 Å². The number of nitrogens with zero attached hydrogens (tertiary/aromatic N) is 3. The van der Waals surface area contributed by atoms with Gasteiger partial charge in [-0.2, -0.15) is 0 Å². The highest BCUT2D eigenvalue weighted by atomic mass is 32.1. The average Bonchev–Trinajstić information content (AvgIpc) is 3.18. The van der Waals surface area contributed by atoms with E-state index < -0.39 is 6.04 Å². The molecule has 2 aromatic rings. The van der Waals surface area contributed by atoms with E-state index in [1.54, 1.807) is 15.9 Å². The molecule has 1 unspecified atom stereocenters. The fraction of sp³-hybridized carbons (Fsp3) is 0.720. The molecule has 2 heterocycles. The summed E-state index contributed by atoms with van der Waals surface area (Å²) in [6.45, 7) is 8.50. The van der Waals surface area contributed by atoms with Crippen LogP contribution in [0, 0.1) is 0 Å². The van der Waals surface area contributed by atoms with E-state index in [4.69, 9.17) is 9.72 Å². The van der Waals surface area contributed by atoms with Crippen LogP contribution in [0.25, 0.3) is 10.2 Å². The van der Waals surface area contributed by atoms with Crippen LogP contribution in [0.2, 0.25) is 0 Å². The minimum atomic E-state index is -0.619. The molecule has 0 aliphatic heterocycles. The average molecular weight is 460 g/mol. The van der Waals surface area contributed by atoms with Gasteiger partial charge in [-0.15, -0.1) is 11.3 Å². The Balaban J connectivity index is 1.79. The maximum Gasteiger partial charge on any atom is 0.329 e. The standard InChI is InChI=1S/C25H37N3O3S/c1-4-19(25(30)31-17-12-8-7-9-13-17)28-21(16-27(5-2)6-3)26-23-22(24(28)29)18-14-10-11-15-20(18)32-23/h17,19H,4-16H2,1-3H3. The maximum atomic E-state index is 13.9. The van der Waals surface area contributed by atoms with Gasteiger partial charge in [0.25, 0.3) is 5.56 Å². The van der Waals surface area contributed by atoms with Gasteiger partial charge in [-0.3, -0.25) is 14.3 Å². The van der Waals surface area contributed by atoms with Crippen LogP contribution < -0.4 is 5.56 Å². The molecular formula is C25H37N3O3S. The summed E-state index contributed by atoms with van der Waals surface area (Å²) >= 11 is 1.68. The number of aryl methyl sites for hydroxylation is 2. The lowest BCUT2D eigenvalue weighted by Gasteiger charge is -2.27. The number of fused-ring (bicyclic) bond motifs is 3. The number of hydrogen-bond acceptors (Lipinski definition) is 6. The molecule has 7 heteroatoms. The summed E-state index contributed by atoms with van der Waals surface area (Å²) in [5, 5.41) is 0.747. The highest BCUT2D eigenvalue weighted by Crippen LogP contribution is 2.34. The maximum absolute atomic E-state index is 13.9. The minimum Gasteiger partial charge on any atom is -0.461 e. The molecule has 0 bridgehead atoms. The van der Waals surface area contributed by atoms with Gasteiger partial charge >= 0.3 is 5.97 Å².